The van der Waals surface area contributed by atoms with Gasteiger partial charge in [0.1, 0.15) is 24.7 Å². The molecule has 0 atom stereocenters. The van der Waals surface area contributed by atoms with Crippen LogP contribution in [0.4, 0.5) is 0 Å². The first-order chi connectivity index (χ1) is 15.7. The van der Waals surface area contributed by atoms with Crippen LogP contribution in [-0.4, -0.2) is 4.98 Å². The molecule has 0 saturated heterocycles. The summed E-state index contributed by atoms with van der Waals surface area (Å²) in [4.78, 5) is 4.34. The van der Waals surface area contributed by atoms with Crippen molar-refractivity contribution in [2.24, 2.45) is 0 Å². The summed E-state index contributed by atoms with van der Waals surface area (Å²) in [6.07, 6.45) is 4.08. The Labute approximate surface area is 194 Å². The summed E-state index contributed by atoms with van der Waals surface area (Å²) < 4.78 is 12.7. The van der Waals surface area contributed by atoms with Crippen molar-refractivity contribution in [3.8, 4) is 11.5 Å². The zero-order valence-electron chi connectivity index (χ0n) is 18.4. The van der Waals surface area contributed by atoms with Gasteiger partial charge in [0, 0.05) is 10.9 Å². The van der Waals surface area contributed by atoms with Gasteiger partial charge in [0.2, 0.25) is 0 Å². The van der Waals surface area contributed by atoms with Gasteiger partial charge in [-0.05, 0) is 40.8 Å². The van der Waals surface area contributed by atoms with Crippen LogP contribution >= 0.6 is 11.3 Å². The van der Waals surface area contributed by atoms with E-state index < -0.39 is 0 Å². The summed E-state index contributed by atoms with van der Waals surface area (Å²) in [7, 11) is 0. The third kappa shape index (κ3) is 5.86. The molecule has 0 spiro atoms. The Morgan fingerprint density at radius 3 is 1.84 bits per heavy atom. The molecule has 4 aromatic rings. The Bertz CT molecular complexity index is 1070. The van der Waals surface area contributed by atoms with Crippen LogP contribution in [0.2, 0.25) is 0 Å². The zero-order chi connectivity index (χ0) is 22.2. The molecule has 0 saturated carbocycles. The highest BCUT2D eigenvalue weighted by Crippen LogP contribution is 2.38. The van der Waals surface area contributed by atoms with Crippen molar-refractivity contribution < 1.29 is 9.47 Å². The van der Waals surface area contributed by atoms with Gasteiger partial charge in [0.05, 0.1) is 11.2 Å². The second-order valence-electron chi connectivity index (χ2n) is 7.88. The smallest absolute Gasteiger partial charge is 0.127 e. The van der Waals surface area contributed by atoms with Gasteiger partial charge in [0.25, 0.3) is 0 Å². The number of ether oxygens (including phenoxy) is 2. The third-order valence-corrected chi connectivity index (χ3v) is 5.68. The summed E-state index contributed by atoms with van der Waals surface area (Å²) in [5, 5.41) is 2.03. The van der Waals surface area contributed by atoms with E-state index in [1.807, 2.05) is 53.4 Å². The molecule has 162 valence electrons. The van der Waals surface area contributed by atoms with Crippen LogP contribution in [0.5, 0.6) is 11.5 Å². The van der Waals surface area contributed by atoms with E-state index in [2.05, 4.69) is 61.3 Å². The van der Waals surface area contributed by atoms with Crippen molar-refractivity contribution >= 4 is 23.5 Å². The van der Waals surface area contributed by atoms with Crippen LogP contribution in [0, 0.1) is 0 Å². The van der Waals surface area contributed by atoms with Crippen LogP contribution in [0.1, 0.15) is 47.7 Å². The van der Waals surface area contributed by atoms with Gasteiger partial charge in [0.15, 0.2) is 0 Å². The highest BCUT2D eigenvalue weighted by molar-refractivity contribution is 7.07. The minimum atomic E-state index is 0.253. The van der Waals surface area contributed by atoms with E-state index in [-0.39, 0.29) is 5.92 Å². The third-order valence-electron chi connectivity index (χ3n) is 5.08. The second kappa shape index (κ2) is 10.8. The van der Waals surface area contributed by atoms with E-state index in [1.165, 1.54) is 0 Å². The van der Waals surface area contributed by atoms with E-state index >= 15 is 0 Å². The Kier molecular flexibility index (Phi) is 7.36. The molecule has 0 fully saturated rings. The monoisotopic (exact) mass is 441 g/mol. The molecular formula is C28H27NO2S. The zero-order valence-corrected chi connectivity index (χ0v) is 19.2. The highest BCUT2D eigenvalue weighted by atomic mass is 32.1. The average molecular weight is 442 g/mol. The fourth-order valence-corrected chi connectivity index (χ4v) is 4.00. The maximum absolute atomic E-state index is 6.33. The SMILES string of the molecule is CC(C)c1c(OCc2ccccc2)cc(C=Cc2cscn2)cc1OCc1ccccc1. The van der Waals surface area contributed by atoms with Crippen LogP contribution in [0.3, 0.4) is 0 Å². The molecule has 0 bridgehead atoms. The summed E-state index contributed by atoms with van der Waals surface area (Å²) in [6, 6.07) is 24.7. The molecule has 0 radical (unpaired) electrons. The Morgan fingerprint density at radius 2 is 1.38 bits per heavy atom. The van der Waals surface area contributed by atoms with Crippen molar-refractivity contribution in [3.63, 3.8) is 0 Å². The molecule has 0 unspecified atom stereocenters. The lowest BCUT2D eigenvalue weighted by atomic mass is 9.98. The van der Waals surface area contributed by atoms with E-state index in [9.17, 15) is 0 Å². The molecule has 0 aliphatic carbocycles. The summed E-state index contributed by atoms with van der Waals surface area (Å²) in [5.41, 5.74) is 7.16. The number of benzene rings is 3. The second-order valence-corrected chi connectivity index (χ2v) is 8.60. The fourth-order valence-electron chi connectivity index (χ4n) is 3.48. The van der Waals surface area contributed by atoms with E-state index in [0.717, 1.165) is 39.4 Å². The molecule has 1 aromatic heterocycles. The Morgan fingerprint density at radius 1 is 0.812 bits per heavy atom. The summed E-state index contributed by atoms with van der Waals surface area (Å²) in [6.45, 7) is 5.37. The number of thiazole rings is 1. The average Bonchev–Trinajstić information content (AvgIpc) is 3.35. The Balaban J connectivity index is 1.66. The van der Waals surface area contributed by atoms with Crippen LogP contribution in [-0.2, 0) is 13.2 Å². The number of nitrogens with zero attached hydrogens (tertiary/aromatic N) is 1. The lowest BCUT2D eigenvalue weighted by Crippen LogP contribution is -2.05. The first-order valence-electron chi connectivity index (χ1n) is 10.8. The first kappa shape index (κ1) is 21.8. The molecule has 1 heterocycles. The molecule has 4 rings (SSSR count). The van der Waals surface area contributed by atoms with Crippen molar-refractivity contribution in [1.29, 1.82) is 0 Å². The molecule has 3 aromatic carbocycles. The quantitative estimate of drug-likeness (QED) is 0.268. The van der Waals surface area contributed by atoms with Crippen LogP contribution in [0.25, 0.3) is 12.2 Å². The van der Waals surface area contributed by atoms with E-state index in [0.29, 0.717) is 13.2 Å². The normalized spacial score (nSPS) is 11.2. The predicted molar refractivity (Wildman–Crippen MR) is 133 cm³/mol. The highest BCUT2D eigenvalue weighted by Gasteiger charge is 2.17. The van der Waals surface area contributed by atoms with Gasteiger partial charge in [-0.1, -0.05) is 80.6 Å². The first-order valence-corrected chi connectivity index (χ1v) is 11.7. The lowest BCUT2D eigenvalue weighted by molar-refractivity contribution is 0.282. The van der Waals surface area contributed by atoms with Crippen molar-refractivity contribution in [3.05, 3.63) is 112 Å². The topological polar surface area (TPSA) is 31.4 Å². The molecule has 32 heavy (non-hydrogen) atoms. The van der Waals surface area contributed by atoms with Crippen molar-refractivity contribution in [2.45, 2.75) is 33.0 Å². The van der Waals surface area contributed by atoms with Crippen LogP contribution in [0.15, 0.2) is 83.7 Å². The van der Waals surface area contributed by atoms with Gasteiger partial charge < -0.3 is 9.47 Å². The Hall–Kier alpha value is -3.37. The van der Waals surface area contributed by atoms with Crippen LogP contribution < -0.4 is 9.47 Å². The molecule has 0 amide bonds. The summed E-state index contributed by atoms with van der Waals surface area (Å²) >= 11 is 1.59. The maximum Gasteiger partial charge on any atom is 0.127 e. The van der Waals surface area contributed by atoms with Gasteiger partial charge >= 0.3 is 0 Å². The molecule has 0 aliphatic heterocycles. The fraction of sp³-hybridized carbons (Fsp3) is 0.179. The van der Waals surface area contributed by atoms with Gasteiger partial charge in [-0.15, -0.1) is 11.3 Å². The molecule has 0 aliphatic rings. The standard InChI is InChI=1S/C28H27NO2S/c1-21(2)28-26(30-17-22-9-5-3-6-10-22)15-24(13-14-25-19-32-20-29-25)16-27(28)31-18-23-11-7-4-8-12-23/h3-16,19-21H,17-18H2,1-2H3. The molecule has 4 heteroatoms. The van der Waals surface area contributed by atoms with Gasteiger partial charge in [-0.2, -0.15) is 0 Å². The largest absolute Gasteiger partial charge is 0.488 e. The van der Waals surface area contributed by atoms with Gasteiger partial charge in [-0.25, -0.2) is 4.98 Å². The van der Waals surface area contributed by atoms with Gasteiger partial charge in [-0.3, -0.25) is 0 Å². The molecule has 0 N–H and O–H groups in total. The lowest BCUT2D eigenvalue weighted by Gasteiger charge is -2.20. The minimum Gasteiger partial charge on any atom is -0.488 e. The van der Waals surface area contributed by atoms with Crippen molar-refractivity contribution in [2.75, 3.05) is 0 Å². The number of aromatic nitrogens is 1. The molecular weight excluding hydrogens is 414 g/mol. The summed E-state index contributed by atoms with van der Waals surface area (Å²) in [5.74, 6) is 1.96. The molecule has 3 nitrogen and oxygen atoms in total. The maximum atomic E-state index is 6.33. The van der Waals surface area contributed by atoms with E-state index in [4.69, 9.17) is 9.47 Å². The number of rotatable bonds is 9. The minimum absolute atomic E-state index is 0.253. The number of hydrogen-bond donors (Lipinski definition) is 0. The van der Waals surface area contributed by atoms with E-state index in [1.54, 1.807) is 11.3 Å². The number of hydrogen-bond acceptors (Lipinski definition) is 4. The van der Waals surface area contributed by atoms with Crippen molar-refractivity contribution in [1.82, 2.24) is 4.98 Å². The predicted octanol–water partition coefficient (Wildman–Crippen LogP) is 7.59.